The zero-order valence-corrected chi connectivity index (χ0v) is 17.4. The fourth-order valence-electron chi connectivity index (χ4n) is 3.55. The maximum atomic E-state index is 12.3. The molecule has 3 rings (SSSR count). The molecule has 1 N–H and O–H groups in total. The molecule has 0 radical (unpaired) electrons. The molecule has 0 aliphatic carbocycles. The molecule has 0 saturated carbocycles. The second-order valence-corrected chi connectivity index (χ2v) is 7.54. The molecule has 1 fully saturated rings. The third kappa shape index (κ3) is 6.48. The number of hydrogen-bond donors (Lipinski definition) is 1. The van der Waals surface area contributed by atoms with E-state index in [1.165, 1.54) is 5.56 Å². The van der Waals surface area contributed by atoms with Crippen LogP contribution in [0.25, 0.3) is 0 Å². The average molecular weight is 407 g/mol. The normalized spacial score (nSPS) is 14.2. The van der Waals surface area contributed by atoms with Crippen LogP contribution >= 0.6 is 0 Å². The summed E-state index contributed by atoms with van der Waals surface area (Å²) in [6.45, 7) is 5.72. The van der Waals surface area contributed by atoms with E-state index >= 15 is 0 Å². The molecule has 1 heterocycles. The van der Waals surface area contributed by atoms with Crippen LogP contribution in [0, 0.1) is 0 Å². The summed E-state index contributed by atoms with van der Waals surface area (Å²) < 4.78 is 6.05. The molecule has 0 bridgehead atoms. The number of carbonyl (C=O) groups is 2. The molecule has 158 valence electrons. The Morgan fingerprint density at radius 1 is 1.07 bits per heavy atom. The predicted octanol–water partition coefficient (Wildman–Crippen LogP) is 4.00. The van der Waals surface area contributed by atoms with Crippen LogP contribution in [0.3, 0.4) is 0 Å². The smallest absolute Gasteiger partial charge is 0.251 e. The SMILES string of the molecule is C=CCCC(=O)N1CCC(Oc2ccc(C(=O)NCCc3ccccc3)cc2)CC1. The summed E-state index contributed by atoms with van der Waals surface area (Å²) in [5, 5.41) is 2.95. The third-order valence-corrected chi connectivity index (χ3v) is 5.32. The van der Waals surface area contributed by atoms with Crippen LogP contribution in [0.2, 0.25) is 0 Å². The van der Waals surface area contributed by atoms with Crippen molar-refractivity contribution in [2.75, 3.05) is 19.6 Å². The van der Waals surface area contributed by atoms with Crippen molar-refractivity contribution in [2.45, 2.75) is 38.2 Å². The Bertz CT molecular complexity index is 825. The summed E-state index contributed by atoms with van der Waals surface area (Å²) in [5.74, 6) is 0.868. The second-order valence-electron chi connectivity index (χ2n) is 7.54. The van der Waals surface area contributed by atoms with Gasteiger partial charge in [-0.3, -0.25) is 9.59 Å². The largest absolute Gasteiger partial charge is 0.490 e. The zero-order valence-electron chi connectivity index (χ0n) is 17.4. The Morgan fingerprint density at radius 3 is 2.43 bits per heavy atom. The summed E-state index contributed by atoms with van der Waals surface area (Å²) in [6.07, 6.45) is 5.58. The van der Waals surface area contributed by atoms with Gasteiger partial charge in [-0.25, -0.2) is 0 Å². The van der Waals surface area contributed by atoms with Gasteiger partial charge in [-0.15, -0.1) is 6.58 Å². The molecule has 2 aromatic rings. The standard InChI is InChI=1S/C25H30N2O3/c1-2-3-9-24(28)27-18-15-23(16-19-27)30-22-12-10-21(11-13-22)25(29)26-17-14-20-7-5-4-6-8-20/h2,4-8,10-13,23H,1,3,9,14-19H2,(H,26,29). The molecule has 0 spiro atoms. The second kappa shape index (κ2) is 11.2. The number of ether oxygens (including phenoxy) is 1. The van der Waals surface area contributed by atoms with Gasteiger partial charge in [0.05, 0.1) is 0 Å². The van der Waals surface area contributed by atoms with Gasteiger partial charge in [0.1, 0.15) is 11.9 Å². The Hall–Kier alpha value is -3.08. The number of amides is 2. The van der Waals surface area contributed by atoms with Crippen molar-refractivity contribution in [3.63, 3.8) is 0 Å². The topological polar surface area (TPSA) is 58.6 Å². The first-order valence-electron chi connectivity index (χ1n) is 10.6. The highest BCUT2D eigenvalue weighted by Gasteiger charge is 2.23. The molecule has 30 heavy (non-hydrogen) atoms. The molecule has 1 aliphatic heterocycles. The van der Waals surface area contributed by atoms with Crippen molar-refractivity contribution in [3.8, 4) is 5.75 Å². The molecule has 5 heteroatoms. The van der Waals surface area contributed by atoms with Gasteiger partial charge in [0, 0.05) is 44.5 Å². The van der Waals surface area contributed by atoms with Crippen molar-refractivity contribution < 1.29 is 14.3 Å². The first-order valence-corrected chi connectivity index (χ1v) is 10.6. The number of piperidine rings is 1. The fraction of sp³-hybridized carbons (Fsp3) is 0.360. The average Bonchev–Trinajstić information content (AvgIpc) is 2.79. The summed E-state index contributed by atoms with van der Waals surface area (Å²) in [4.78, 5) is 26.3. The Labute approximate surface area is 178 Å². The molecule has 5 nitrogen and oxygen atoms in total. The highest BCUT2D eigenvalue weighted by molar-refractivity contribution is 5.94. The van der Waals surface area contributed by atoms with Crippen LogP contribution in [-0.2, 0) is 11.2 Å². The van der Waals surface area contributed by atoms with Gasteiger partial charge in [0.25, 0.3) is 5.91 Å². The lowest BCUT2D eigenvalue weighted by Gasteiger charge is -2.32. The first-order chi connectivity index (χ1) is 14.7. The van der Waals surface area contributed by atoms with E-state index < -0.39 is 0 Å². The Morgan fingerprint density at radius 2 is 1.77 bits per heavy atom. The summed E-state index contributed by atoms with van der Waals surface area (Å²) >= 11 is 0. The third-order valence-electron chi connectivity index (χ3n) is 5.32. The van der Waals surface area contributed by atoms with Crippen LogP contribution in [0.5, 0.6) is 5.75 Å². The monoisotopic (exact) mass is 406 g/mol. The maximum Gasteiger partial charge on any atom is 0.251 e. The molecule has 2 aromatic carbocycles. The van der Waals surface area contributed by atoms with E-state index in [4.69, 9.17) is 4.74 Å². The van der Waals surface area contributed by atoms with Gasteiger partial charge < -0.3 is 15.0 Å². The molecular weight excluding hydrogens is 376 g/mol. The first kappa shape index (κ1) is 21.6. The van der Waals surface area contributed by atoms with Crippen LogP contribution in [0.15, 0.2) is 67.3 Å². The van der Waals surface area contributed by atoms with Crippen molar-refractivity contribution in [1.29, 1.82) is 0 Å². The predicted molar refractivity (Wildman–Crippen MR) is 119 cm³/mol. The van der Waals surface area contributed by atoms with Gasteiger partial charge >= 0.3 is 0 Å². The highest BCUT2D eigenvalue weighted by atomic mass is 16.5. The van der Waals surface area contributed by atoms with Gasteiger partial charge in [-0.05, 0) is 42.7 Å². The van der Waals surface area contributed by atoms with Crippen LogP contribution in [0.4, 0.5) is 0 Å². The lowest BCUT2D eigenvalue weighted by molar-refractivity contribution is -0.132. The minimum atomic E-state index is -0.0798. The number of nitrogens with zero attached hydrogens (tertiary/aromatic N) is 1. The Kier molecular flexibility index (Phi) is 8.07. The van der Waals surface area contributed by atoms with E-state index in [0.717, 1.165) is 44.5 Å². The van der Waals surface area contributed by atoms with E-state index in [2.05, 4.69) is 24.0 Å². The number of allylic oxidation sites excluding steroid dienone is 1. The van der Waals surface area contributed by atoms with Gasteiger partial charge in [-0.1, -0.05) is 36.4 Å². The van der Waals surface area contributed by atoms with Crippen molar-refractivity contribution in [1.82, 2.24) is 10.2 Å². The fourth-order valence-corrected chi connectivity index (χ4v) is 3.55. The summed E-state index contributed by atoms with van der Waals surface area (Å²) in [7, 11) is 0. The number of hydrogen-bond acceptors (Lipinski definition) is 3. The molecule has 0 atom stereocenters. The van der Waals surface area contributed by atoms with Gasteiger partial charge in [-0.2, -0.15) is 0 Å². The van der Waals surface area contributed by atoms with Crippen molar-refractivity contribution in [2.24, 2.45) is 0 Å². The van der Waals surface area contributed by atoms with E-state index in [9.17, 15) is 9.59 Å². The maximum absolute atomic E-state index is 12.3. The molecule has 1 aliphatic rings. The quantitative estimate of drug-likeness (QED) is 0.641. The van der Waals surface area contributed by atoms with E-state index in [1.54, 1.807) is 18.2 Å². The zero-order chi connectivity index (χ0) is 21.2. The number of rotatable bonds is 9. The number of benzene rings is 2. The lowest BCUT2D eigenvalue weighted by Crippen LogP contribution is -2.41. The number of nitrogens with one attached hydrogen (secondary N) is 1. The molecule has 0 unspecified atom stereocenters. The lowest BCUT2D eigenvalue weighted by atomic mass is 10.1. The molecule has 2 amide bonds. The number of likely N-dealkylation sites (tertiary alicyclic amines) is 1. The van der Waals surface area contributed by atoms with Crippen LogP contribution in [0.1, 0.15) is 41.6 Å². The minimum absolute atomic E-state index is 0.0798. The van der Waals surface area contributed by atoms with E-state index in [-0.39, 0.29) is 17.9 Å². The molecular formula is C25H30N2O3. The summed E-state index contributed by atoms with van der Waals surface area (Å²) in [6, 6.07) is 17.4. The van der Waals surface area contributed by atoms with E-state index in [1.807, 2.05) is 35.2 Å². The van der Waals surface area contributed by atoms with Crippen molar-refractivity contribution in [3.05, 3.63) is 78.4 Å². The summed E-state index contributed by atoms with van der Waals surface area (Å²) in [5.41, 5.74) is 1.83. The van der Waals surface area contributed by atoms with Gasteiger partial charge in [0.2, 0.25) is 5.91 Å². The number of carbonyl (C=O) groups excluding carboxylic acids is 2. The van der Waals surface area contributed by atoms with Crippen molar-refractivity contribution >= 4 is 11.8 Å². The molecule has 0 aromatic heterocycles. The van der Waals surface area contributed by atoms with Crippen LogP contribution < -0.4 is 10.1 Å². The van der Waals surface area contributed by atoms with Crippen LogP contribution in [-0.4, -0.2) is 42.5 Å². The van der Waals surface area contributed by atoms with E-state index in [0.29, 0.717) is 18.5 Å². The van der Waals surface area contributed by atoms with Gasteiger partial charge in [0.15, 0.2) is 0 Å². The Balaban J connectivity index is 1.40. The highest BCUT2D eigenvalue weighted by Crippen LogP contribution is 2.20. The minimum Gasteiger partial charge on any atom is -0.490 e. The molecule has 1 saturated heterocycles.